The zero-order valence-corrected chi connectivity index (χ0v) is 11.6. The molecule has 1 aliphatic carbocycles. The van der Waals surface area contributed by atoms with Gasteiger partial charge >= 0.3 is 0 Å². The van der Waals surface area contributed by atoms with E-state index in [1.54, 1.807) is 0 Å². The minimum absolute atomic E-state index is 0.904. The van der Waals surface area contributed by atoms with Crippen LogP contribution in [0, 0.1) is 9.49 Å². The van der Waals surface area contributed by atoms with Gasteiger partial charge in [0.2, 0.25) is 0 Å². The third-order valence-corrected chi connectivity index (χ3v) is 4.06. The molecule has 1 aromatic carbocycles. The van der Waals surface area contributed by atoms with Crippen LogP contribution in [0.4, 0.5) is 5.69 Å². The van der Waals surface area contributed by atoms with Crippen molar-refractivity contribution in [2.45, 2.75) is 19.3 Å². The van der Waals surface area contributed by atoms with E-state index in [0.29, 0.717) is 0 Å². The Bertz CT molecular complexity index is 323. The molecule has 1 aliphatic rings. The predicted molar refractivity (Wildman–Crippen MR) is 72.7 cm³/mol. The minimum Gasteiger partial charge on any atom is -0.384 e. The van der Waals surface area contributed by atoms with Crippen molar-refractivity contribution < 1.29 is 0 Å². The summed E-state index contributed by atoms with van der Waals surface area (Å²) in [5.41, 5.74) is 1.22. The van der Waals surface area contributed by atoms with Gasteiger partial charge in [-0.1, -0.05) is 6.42 Å². The first-order valence-corrected chi connectivity index (χ1v) is 6.82. The number of halogens is 2. The Morgan fingerprint density at radius 2 is 2.21 bits per heavy atom. The summed E-state index contributed by atoms with van der Waals surface area (Å²) in [6.45, 7) is 1.12. The Morgan fingerprint density at radius 3 is 2.79 bits per heavy atom. The van der Waals surface area contributed by atoms with Gasteiger partial charge in [0.1, 0.15) is 0 Å². The summed E-state index contributed by atoms with van der Waals surface area (Å²) in [7, 11) is 0. The van der Waals surface area contributed by atoms with Gasteiger partial charge < -0.3 is 5.32 Å². The average molecular weight is 366 g/mol. The highest BCUT2D eigenvalue weighted by Crippen LogP contribution is 2.29. The third-order valence-electron chi connectivity index (χ3n) is 2.74. The highest BCUT2D eigenvalue weighted by Gasteiger charge is 2.16. The summed E-state index contributed by atoms with van der Waals surface area (Å²) in [6, 6.07) is 6.42. The molecule has 1 saturated carbocycles. The topological polar surface area (TPSA) is 12.0 Å². The van der Waals surface area contributed by atoms with Gasteiger partial charge in [-0.15, -0.1) is 0 Å². The fraction of sp³-hybridized carbons (Fsp3) is 0.455. The fourth-order valence-electron chi connectivity index (χ4n) is 1.58. The van der Waals surface area contributed by atoms with Crippen molar-refractivity contribution in [1.82, 2.24) is 0 Å². The van der Waals surface area contributed by atoms with Crippen LogP contribution in [0.5, 0.6) is 0 Å². The standard InChI is InChI=1S/C11H13BrIN/c12-10-6-9(13)4-5-11(10)14-7-8-2-1-3-8/h4-6,8,14H,1-3,7H2. The summed E-state index contributed by atoms with van der Waals surface area (Å²) in [5.74, 6) is 0.904. The molecule has 0 unspecified atom stereocenters. The zero-order valence-electron chi connectivity index (χ0n) is 7.89. The molecule has 1 N–H and O–H groups in total. The molecule has 1 aromatic rings. The van der Waals surface area contributed by atoms with Crippen LogP contribution in [-0.4, -0.2) is 6.54 Å². The zero-order chi connectivity index (χ0) is 9.97. The van der Waals surface area contributed by atoms with Crippen LogP contribution in [0.25, 0.3) is 0 Å². The molecule has 0 atom stereocenters. The van der Waals surface area contributed by atoms with Gasteiger partial charge in [0.25, 0.3) is 0 Å². The van der Waals surface area contributed by atoms with Gasteiger partial charge in [-0.05, 0) is 75.5 Å². The first-order chi connectivity index (χ1) is 6.75. The maximum absolute atomic E-state index is 3.57. The lowest BCUT2D eigenvalue weighted by molar-refractivity contribution is 0.333. The normalized spacial score (nSPS) is 16.4. The Morgan fingerprint density at radius 1 is 1.43 bits per heavy atom. The summed E-state index contributed by atoms with van der Waals surface area (Å²) in [6.07, 6.45) is 4.21. The van der Waals surface area contributed by atoms with Gasteiger partial charge in [0, 0.05) is 20.3 Å². The monoisotopic (exact) mass is 365 g/mol. The van der Waals surface area contributed by atoms with E-state index >= 15 is 0 Å². The molecule has 0 amide bonds. The fourth-order valence-corrected chi connectivity index (χ4v) is 3.02. The van der Waals surface area contributed by atoms with Gasteiger partial charge in [-0.25, -0.2) is 0 Å². The number of anilines is 1. The van der Waals surface area contributed by atoms with Crippen molar-refractivity contribution >= 4 is 44.2 Å². The Labute approximate surface area is 107 Å². The smallest absolute Gasteiger partial charge is 0.0485 e. The Kier molecular flexibility index (Phi) is 3.71. The van der Waals surface area contributed by atoms with E-state index in [4.69, 9.17) is 0 Å². The summed E-state index contributed by atoms with van der Waals surface area (Å²) < 4.78 is 2.44. The van der Waals surface area contributed by atoms with E-state index in [0.717, 1.165) is 12.5 Å². The maximum atomic E-state index is 3.57. The number of nitrogens with one attached hydrogen (secondary N) is 1. The summed E-state index contributed by atoms with van der Waals surface area (Å²) in [4.78, 5) is 0. The van der Waals surface area contributed by atoms with Crippen LogP contribution in [0.15, 0.2) is 22.7 Å². The van der Waals surface area contributed by atoms with Crippen LogP contribution >= 0.6 is 38.5 Å². The highest BCUT2D eigenvalue weighted by atomic mass is 127. The second-order valence-electron chi connectivity index (χ2n) is 3.80. The molecule has 0 aromatic heterocycles. The number of rotatable bonds is 3. The van der Waals surface area contributed by atoms with Crippen molar-refractivity contribution in [3.05, 3.63) is 26.2 Å². The third kappa shape index (κ3) is 2.63. The second-order valence-corrected chi connectivity index (χ2v) is 5.90. The molecule has 2 rings (SSSR count). The molecule has 0 radical (unpaired) electrons. The minimum atomic E-state index is 0.904. The molecule has 0 spiro atoms. The van der Waals surface area contributed by atoms with Crippen LogP contribution in [0.2, 0.25) is 0 Å². The van der Waals surface area contributed by atoms with E-state index in [1.165, 1.54) is 33.0 Å². The van der Waals surface area contributed by atoms with Crippen molar-refractivity contribution in [2.24, 2.45) is 5.92 Å². The molecule has 1 nitrogen and oxygen atoms in total. The van der Waals surface area contributed by atoms with Gasteiger partial charge in [0.15, 0.2) is 0 Å². The first kappa shape index (κ1) is 10.7. The van der Waals surface area contributed by atoms with E-state index in [2.05, 4.69) is 62.0 Å². The molecule has 14 heavy (non-hydrogen) atoms. The molecule has 0 aliphatic heterocycles. The first-order valence-electron chi connectivity index (χ1n) is 4.94. The summed E-state index contributed by atoms with van der Waals surface area (Å²) >= 11 is 5.89. The molecule has 0 bridgehead atoms. The van der Waals surface area contributed by atoms with Gasteiger partial charge in [-0.3, -0.25) is 0 Å². The summed E-state index contributed by atoms with van der Waals surface area (Å²) in [5, 5.41) is 3.49. The van der Waals surface area contributed by atoms with Crippen LogP contribution in [-0.2, 0) is 0 Å². The number of hydrogen-bond acceptors (Lipinski definition) is 1. The van der Waals surface area contributed by atoms with Crippen molar-refractivity contribution in [3.63, 3.8) is 0 Å². The quantitative estimate of drug-likeness (QED) is 0.789. The number of hydrogen-bond donors (Lipinski definition) is 1. The molecule has 1 fully saturated rings. The molecule has 0 heterocycles. The molecular formula is C11H13BrIN. The molecular weight excluding hydrogens is 353 g/mol. The lowest BCUT2D eigenvalue weighted by atomic mass is 9.85. The lowest BCUT2D eigenvalue weighted by Crippen LogP contribution is -2.20. The van der Waals surface area contributed by atoms with Crippen LogP contribution in [0.1, 0.15) is 19.3 Å². The van der Waals surface area contributed by atoms with Crippen LogP contribution in [0.3, 0.4) is 0 Å². The van der Waals surface area contributed by atoms with E-state index in [-0.39, 0.29) is 0 Å². The van der Waals surface area contributed by atoms with Gasteiger partial charge in [0.05, 0.1) is 0 Å². The molecule has 3 heteroatoms. The number of benzene rings is 1. The van der Waals surface area contributed by atoms with E-state index < -0.39 is 0 Å². The average Bonchev–Trinajstić information content (AvgIpc) is 2.05. The highest BCUT2D eigenvalue weighted by molar-refractivity contribution is 14.1. The lowest BCUT2D eigenvalue weighted by Gasteiger charge is -2.26. The van der Waals surface area contributed by atoms with Gasteiger partial charge in [-0.2, -0.15) is 0 Å². The molecule has 0 saturated heterocycles. The van der Waals surface area contributed by atoms with E-state index in [1.807, 2.05) is 0 Å². The largest absolute Gasteiger partial charge is 0.384 e. The Hall–Kier alpha value is 0.230. The Balaban J connectivity index is 1.94. The van der Waals surface area contributed by atoms with Crippen molar-refractivity contribution in [1.29, 1.82) is 0 Å². The SMILES string of the molecule is Brc1cc(I)ccc1NCC1CCC1. The second kappa shape index (κ2) is 4.84. The van der Waals surface area contributed by atoms with Crippen LogP contribution < -0.4 is 5.32 Å². The predicted octanol–water partition coefficient (Wildman–Crippen LogP) is 4.27. The van der Waals surface area contributed by atoms with Crippen molar-refractivity contribution in [3.8, 4) is 0 Å². The van der Waals surface area contributed by atoms with Crippen molar-refractivity contribution in [2.75, 3.05) is 11.9 Å². The maximum Gasteiger partial charge on any atom is 0.0485 e. The molecule has 76 valence electrons. The van der Waals surface area contributed by atoms with E-state index in [9.17, 15) is 0 Å².